The van der Waals surface area contributed by atoms with Crippen molar-refractivity contribution in [1.82, 2.24) is 0 Å². The SMILES string of the molecule is CC.Cc1c(F)c(F)c(C)c(F)c1F.[C-]#[N+]C([N+]#[C-])=C1/C(=C\c2cc3sc4c(c3s2)C(c2ccc(CCCCCC)cc2)(c2ccc(CCCCCC)cc2)c2cc3c(cc2-4)C(c2ccc(CCCCCC)cc2)(c2ccc(CCCCCC)cc2)c2c-3sc3cc(/C=C4/C(=O)c5ccccc5C4=C(C#N)C#N)sc23)C(=O)c2ccccc21. The highest BCUT2D eigenvalue weighted by Crippen LogP contribution is 2.68. The van der Waals surface area contributed by atoms with Crippen molar-refractivity contribution in [2.45, 2.75) is 195 Å². The van der Waals surface area contributed by atoms with Crippen molar-refractivity contribution in [1.29, 1.82) is 10.5 Å². The van der Waals surface area contributed by atoms with Crippen LogP contribution in [0.2, 0.25) is 0 Å². The van der Waals surface area contributed by atoms with E-state index in [-0.39, 0.29) is 23.0 Å². The second-order valence-corrected chi connectivity index (χ2v) is 35.3. The van der Waals surface area contributed by atoms with Gasteiger partial charge in [-0.25, -0.2) is 17.6 Å². The quantitative estimate of drug-likeness (QED) is 0.0135. The highest BCUT2D eigenvalue weighted by molar-refractivity contribution is 7.31. The normalized spacial score (nSPS) is 14.2. The van der Waals surface area contributed by atoms with Gasteiger partial charge in [0.1, 0.15) is 30.9 Å². The van der Waals surface area contributed by atoms with E-state index >= 15 is 0 Å². The van der Waals surface area contributed by atoms with E-state index in [0.717, 1.165) is 93.8 Å². The van der Waals surface area contributed by atoms with Gasteiger partial charge in [0.2, 0.25) is 0 Å². The highest BCUT2D eigenvalue weighted by atomic mass is 32.1. The first kappa shape index (κ1) is 83.5. The summed E-state index contributed by atoms with van der Waals surface area (Å²) in [4.78, 5) is 40.9. The fourth-order valence-corrected chi connectivity index (χ4v) is 23.4. The zero-order valence-corrected chi connectivity index (χ0v) is 71.5. The minimum Gasteiger partial charge on any atom is -0.289 e. The fraction of sp³-hybridized carbons (Fsp3) is 0.288. The largest absolute Gasteiger partial charge is 0.528 e. The molecule has 14 heteroatoms. The molecule has 0 saturated heterocycles. The third-order valence-corrected chi connectivity index (χ3v) is 28.7. The first-order chi connectivity index (χ1) is 57.5. The van der Waals surface area contributed by atoms with Gasteiger partial charge in [0.05, 0.1) is 25.8 Å². The molecule has 4 aliphatic carbocycles. The molecule has 4 aliphatic rings. The van der Waals surface area contributed by atoms with E-state index in [1.807, 2.05) is 85.1 Å². The summed E-state index contributed by atoms with van der Waals surface area (Å²) in [6, 6.07) is 67.1. The second-order valence-electron chi connectivity index (χ2n) is 31.0. The summed E-state index contributed by atoms with van der Waals surface area (Å²) in [6.45, 7) is 31.3. The Bertz CT molecular complexity index is 5600. The lowest BCUT2D eigenvalue weighted by molar-refractivity contribution is 0.103. The molecule has 0 unspecified atom stereocenters. The van der Waals surface area contributed by atoms with E-state index in [0.29, 0.717) is 44.5 Å². The molecular weight excluding hydrogens is 1540 g/mol. The maximum atomic E-state index is 14.7. The van der Waals surface area contributed by atoms with Crippen molar-refractivity contribution in [3.05, 3.63) is 348 Å². The van der Waals surface area contributed by atoms with Crippen LogP contribution in [0, 0.1) is 72.9 Å². The van der Waals surface area contributed by atoms with Gasteiger partial charge < -0.3 is 0 Å². The van der Waals surface area contributed by atoms with Crippen molar-refractivity contribution < 1.29 is 27.2 Å². The van der Waals surface area contributed by atoms with Crippen molar-refractivity contribution >= 4 is 99.0 Å². The Hall–Kier alpha value is -10.9. The van der Waals surface area contributed by atoms with Crippen molar-refractivity contribution in [2.24, 2.45) is 0 Å². The number of fused-ring (bicyclic) bond motifs is 12. The average molecular weight is 1640 g/mol. The Kier molecular flexibility index (Phi) is 25.9. The monoisotopic (exact) mass is 1630 g/mol. The molecule has 0 N–H and O–H groups in total. The number of aryl methyl sites for hydroxylation is 4. The summed E-state index contributed by atoms with van der Waals surface area (Å²) in [7, 11) is 0. The van der Waals surface area contributed by atoms with Crippen LogP contribution >= 0.6 is 45.3 Å². The van der Waals surface area contributed by atoms with Gasteiger partial charge in [0.25, 0.3) is 0 Å². The Labute approximate surface area is 707 Å². The molecule has 0 bridgehead atoms. The number of hydrogen-bond donors (Lipinski definition) is 0. The number of carbonyl (C=O) groups is 2. The van der Waals surface area contributed by atoms with Crippen molar-refractivity contribution in [3.8, 4) is 33.0 Å². The Morgan fingerprint density at radius 1 is 0.407 bits per heavy atom. The smallest absolute Gasteiger partial charge is 0.289 e. The first-order valence-corrected chi connectivity index (χ1v) is 45.1. The molecule has 8 aromatic carbocycles. The van der Waals surface area contributed by atoms with Crippen LogP contribution in [0.1, 0.15) is 264 Å². The van der Waals surface area contributed by atoms with Gasteiger partial charge in [-0.05, 0) is 180 Å². The van der Waals surface area contributed by atoms with Gasteiger partial charge in [-0.15, -0.1) is 45.3 Å². The zero-order chi connectivity index (χ0) is 83.1. The topological polar surface area (TPSA) is 90.4 Å². The van der Waals surface area contributed by atoms with Crippen LogP contribution in [-0.2, 0) is 36.5 Å². The van der Waals surface area contributed by atoms with E-state index in [1.54, 1.807) is 34.8 Å². The average Bonchev–Trinajstić information content (AvgIpc) is 1.49. The molecule has 0 saturated carbocycles. The maximum absolute atomic E-state index is 14.7. The van der Waals surface area contributed by atoms with E-state index in [2.05, 4.69) is 171 Å². The number of allylic oxidation sites excluding steroid dienone is 5. The molecule has 0 spiro atoms. The standard InChI is InChI=1S/C94H82N4O2S4.C8H6F4.C2H6/c1-7-11-15-19-27-59-35-43-64(44-36-59)93(65-45-37-60(38-46-65)28-20-16-12-8-2)78-56-75-79(55-74(78)88-84(93)90-80(103-88)53-68(101-90)51-76-82(63(57-95)58-96)70-31-23-25-33-72(70)86(76)99)94(66-47-39-61(40-48-66)29-21-17-13-9-3,67-49-41-62(42-50-67)30-22-18-14-10-4)85-89(75)104-81-54-69(102-91(81)85)52-77-83(92(97-5)98-6)71-32-24-26-34-73(71)87(77)100;1-3-5(9)7(11)4(2)8(12)6(3)10;1-2/h23-26,31-56H,7-22,27-30H2,1-4H3;1-2H3;1-2H3/b76-51+,77-52+;;. The number of halogens is 4. The number of unbranched alkanes of at least 4 members (excludes halogenated alkanes) is 12. The third-order valence-electron chi connectivity index (χ3n) is 23.9. The number of benzene rings is 8. The molecule has 0 aliphatic heterocycles. The summed E-state index contributed by atoms with van der Waals surface area (Å²) in [5.41, 5.74) is 18.1. The number of hydrogen-bond acceptors (Lipinski definition) is 8. The lowest BCUT2D eigenvalue weighted by atomic mass is 9.65. The fourth-order valence-electron chi connectivity index (χ4n) is 17.9. The zero-order valence-electron chi connectivity index (χ0n) is 68.2. The molecule has 4 aromatic heterocycles. The minimum absolute atomic E-state index is 0.0786. The molecule has 0 atom stereocenters. The number of ketones is 2. The summed E-state index contributed by atoms with van der Waals surface area (Å²) >= 11 is 7.04. The molecule has 0 amide bonds. The van der Waals surface area contributed by atoms with E-state index in [1.165, 1.54) is 165 Å². The van der Waals surface area contributed by atoms with Crippen molar-refractivity contribution in [2.75, 3.05) is 0 Å². The second kappa shape index (κ2) is 36.5. The molecule has 16 rings (SSSR count). The summed E-state index contributed by atoms with van der Waals surface area (Å²) in [6.07, 6.45) is 26.8. The molecule has 0 radical (unpaired) electrons. The summed E-state index contributed by atoms with van der Waals surface area (Å²) < 4.78 is 55.1. The van der Waals surface area contributed by atoms with E-state index in [9.17, 15) is 37.7 Å². The van der Waals surface area contributed by atoms with Crippen LogP contribution in [-0.4, -0.2) is 11.6 Å². The number of Topliss-reactive ketones (excluding diaryl/α,β-unsaturated/α-hetero) is 2. The number of rotatable bonds is 26. The van der Waals surface area contributed by atoms with Crippen LogP contribution < -0.4 is 0 Å². The Balaban J connectivity index is 0.000000747. The van der Waals surface area contributed by atoms with Gasteiger partial charge in [-0.2, -0.15) is 20.2 Å². The van der Waals surface area contributed by atoms with Crippen LogP contribution in [0.3, 0.4) is 0 Å². The van der Waals surface area contributed by atoms with Crippen LogP contribution in [0.5, 0.6) is 0 Å². The number of carbonyl (C=O) groups excluding carboxylic acids is 2. The van der Waals surface area contributed by atoms with E-state index < -0.39 is 45.2 Å². The Morgan fingerprint density at radius 3 is 1.02 bits per heavy atom. The first-order valence-electron chi connectivity index (χ1n) is 41.8. The highest BCUT2D eigenvalue weighted by Gasteiger charge is 2.55. The van der Waals surface area contributed by atoms with Gasteiger partial charge in [-0.3, -0.25) is 9.59 Å². The van der Waals surface area contributed by atoms with Crippen molar-refractivity contribution in [3.63, 3.8) is 0 Å². The Morgan fingerprint density at radius 2 is 0.712 bits per heavy atom. The molecule has 6 nitrogen and oxygen atoms in total. The molecule has 118 heavy (non-hydrogen) atoms. The minimum atomic E-state index is -1.33. The predicted molar refractivity (Wildman–Crippen MR) is 482 cm³/mol. The van der Waals surface area contributed by atoms with Crippen LogP contribution in [0.25, 0.3) is 72.7 Å². The molecule has 0 fully saturated rings. The van der Waals surface area contributed by atoms with E-state index in [4.69, 9.17) is 13.1 Å². The summed E-state index contributed by atoms with van der Waals surface area (Å²) in [5, 5.41) is 20.9. The van der Waals surface area contributed by atoms with Gasteiger partial charge in [0.15, 0.2) is 34.8 Å². The van der Waals surface area contributed by atoms with Crippen LogP contribution in [0.4, 0.5) is 17.6 Å². The molecule has 594 valence electrons. The third kappa shape index (κ3) is 15.0. The maximum Gasteiger partial charge on any atom is 0.528 e. The lowest BCUT2D eigenvalue weighted by Gasteiger charge is -2.36. The molecule has 12 aromatic rings. The lowest BCUT2D eigenvalue weighted by Crippen LogP contribution is -2.30. The number of thiophene rings is 4. The summed E-state index contributed by atoms with van der Waals surface area (Å²) in [5.74, 6) is -5.79. The molecular formula is C104H94F4N4O2S4. The molecule has 4 heterocycles. The van der Waals surface area contributed by atoms with Gasteiger partial charge in [0, 0.05) is 79.0 Å². The number of nitriles is 2. The van der Waals surface area contributed by atoms with Gasteiger partial charge >= 0.3 is 5.82 Å². The number of nitrogens with zero attached hydrogens (tertiary/aromatic N) is 4. The van der Waals surface area contributed by atoms with Crippen LogP contribution in [0.15, 0.2) is 192 Å². The van der Waals surface area contributed by atoms with Gasteiger partial charge in [-0.1, -0.05) is 264 Å². The predicted octanol–water partition coefficient (Wildman–Crippen LogP) is 30.2.